The third-order valence-electron chi connectivity index (χ3n) is 4.40. The van der Waals surface area contributed by atoms with Gasteiger partial charge in [0.2, 0.25) is 10.0 Å². The fourth-order valence-corrected chi connectivity index (χ4v) is 4.62. The molecule has 0 unspecified atom stereocenters. The number of sulfonamides is 1. The average molecular weight is 409 g/mol. The minimum atomic E-state index is -3.75. The molecule has 6 heteroatoms. The SMILES string of the molecule is Cc1noc(C)c1S(=O)(=O)N(C/C=C/c1ccccc1)C/C=C/c1ccccc1. The van der Waals surface area contributed by atoms with Gasteiger partial charge in [-0.1, -0.05) is 90.1 Å². The van der Waals surface area contributed by atoms with E-state index >= 15 is 0 Å². The van der Waals surface area contributed by atoms with Gasteiger partial charge in [-0.3, -0.25) is 0 Å². The number of hydrogen-bond acceptors (Lipinski definition) is 4. The molecule has 1 aromatic heterocycles. The topological polar surface area (TPSA) is 63.4 Å². The van der Waals surface area contributed by atoms with Gasteiger partial charge in [0.25, 0.3) is 0 Å². The van der Waals surface area contributed by atoms with E-state index in [-0.39, 0.29) is 18.0 Å². The fraction of sp³-hybridized carbons (Fsp3) is 0.174. The summed E-state index contributed by atoms with van der Waals surface area (Å²) in [5.41, 5.74) is 2.40. The van der Waals surface area contributed by atoms with Crippen LogP contribution in [0, 0.1) is 13.8 Å². The highest BCUT2D eigenvalue weighted by molar-refractivity contribution is 7.89. The van der Waals surface area contributed by atoms with E-state index in [1.807, 2.05) is 85.0 Å². The van der Waals surface area contributed by atoms with Crippen molar-refractivity contribution in [2.75, 3.05) is 13.1 Å². The quantitative estimate of drug-likeness (QED) is 0.542. The molecule has 0 N–H and O–H groups in total. The summed E-state index contributed by atoms with van der Waals surface area (Å²) in [6, 6.07) is 19.6. The van der Waals surface area contributed by atoms with Gasteiger partial charge in [-0.05, 0) is 25.0 Å². The van der Waals surface area contributed by atoms with Crippen molar-refractivity contribution in [1.29, 1.82) is 0 Å². The van der Waals surface area contributed by atoms with Gasteiger partial charge >= 0.3 is 0 Å². The molecule has 2 aromatic carbocycles. The largest absolute Gasteiger partial charge is 0.360 e. The maximum absolute atomic E-state index is 13.3. The monoisotopic (exact) mass is 408 g/mol. The van der Waals surface area contributed by atoms with Crippen molar-refractivity contribution >= 4 is 22.2 Å². The Hall–Kier alpha value is -2.96. The lowest BCUT2D eigenvalue weighted by Gasteiger charge is -2.19. The predicted molar refractivity (Wildman–Crippen MR) is 116 cm³/mol. The van der Waals surface area contributed by atoms with Crippen LogP contribution in [-0.2, 0) is 10.0 Å². The maximum Gasteiger partial charge on any atom is 0.249 e. The van der Waals surface area contributed by atoms with Gasteiger partial charge in [-0.25, -0.2) is 8.42 Å². The number of hydrogen-bond donors (Lipinski definition) is 0. The van der Waals surface area contributed by atoms with Gasteiger partial charge in [0.05, 0.1) is 0 Å². The molecular weight excluding hydrogens is 384 g/mol. The van der Waals surface area contributed by atoms with Gasteiger partial charge in [-0.15, -0.1) is 0 Å². The molecule has 0 fully saturated rings. The van der Waals surface area contributed by atoms with Crippen LogP contribution in [0.4, 0.5) is 0 Å². The van der Waals surface area contributed by atoms with Gasteiger partial charge in [-0.2, -0.15) is 4.31 Å². The van der Waals surface area contributed by atoms with E-state index < -0.39 is 10.0 Å². The summed E-state index contributed by atoms with van der Waals surface area (Å²) < 4.78 is 33.1. The molecule has 0 saturated heterocycles. The molecule has 0 aliphatic rings. The minimum absolute atomic E-state index is 0.138. The summed E-state index contributed by atoms with van der Waals surface area (Å²) in [4.78, 5) is 0.138. The number of rotatable bonds is 8. The molecule has 0 amide bonds. The normalized spacial score (nSPS) is 12.4. The second-order valence-electron chi connectivity index (χ2n) is 6.60. The van der Waals surface area contributed by atoms with Crippen LogP contribution in [0.2, 0.25) is 0 Å². The third-order valence-corrected chi connectivity index (χ3v) is 6.48. The maximum atomic E-state index is 13.3. The fourth-order valence-electron chi connectivity index (χ4n) is 2.98. The second-order valence-corrected chi connectivity index (χ2v) is 8.48. The molecule has 0 aliphatic heterocycles. The first-order valence-electron chi connectivity index (χ1n) is 9.34. The van der Waals surface area contributed by atoms with Crippen molar-refractivity contribution < 1.29 is 12.9 Å². The standard InChI is InChI=1S/C23H24N2O3S/c1-19-23(20(2)28-24-19)29(26,27)25(17-9-15-21-11-5-3-6-12-21)18-10-16-22-13-7-4-8-14-22/h3-16H,17-18H2,1-2H3/b15-9+,16-10+. The molecule has 0 bridgehead atoms. The van der Waals surface area contributed by atoms with Crippen LogP contribution in [0.15, 0.2) is 82.2 Å². The zero-order valence-electron chi connectivity index (χ0n) is 16.5. The molecule has 3 rings (SSSR count). The molecular formula is C23H24N2O3S. The second kappa shape index (κ2) is 9.49. The van der Waals surface area contributed by atoms with Gasteiger partial charge in [0, 0.05) is 13.1 Å². The molecule has 5 nitrogen and oxygen atoms in total. The van der Waals surface area contributed by atoms with E-state index in [9.17, 15) is 8.42 Å². The molecule has 3 aromatic rings. The summed E-state index contributed by atoms with van der Waals surface area (Å²) in [7, 11) is -3.75. The Bertz CT molecular complexity index is 1010. The van der Waals surface area contributed by atoms with Crippen LogP contribution in [-0.4, -0.2) is 31.0 Å². The number of aromatic nitrogens is 1. The summed E-state index contributed by atoms with van der Waals surface area (Å²) in [6.07, 6.45) is 7.52. The van der Waals surface area contributed by atoms with E-state index in [0.717, 1.165) is 11.1 Å². The van der Waals surface area contributed by atoms with Gasteiger partial charge in [0.15, 0.2) is 5.76 Å². The highest BCUT2D eigenvalue weighted by atomic mass is 32.2. The Balaban J connectivity index is 1.84. The third kappa shape index (κ3) is 5.31. The smallest absolute Gasteiger partial charge is 0.249 e. The zero-order chi connectivity index (χ0) is 20.7. The van der Waals surface area contributed by atoms with E-state index in [4.69, 9.17) is 4.52 Å². The van der Waals surface area contributed by atoms with E-state index in [1.165, 1.54) is 4.31 Å². The van der Waals surface area contributed by atoms with E-state index in [1.54, 1.807) is 13.8 Å². The van der Waals surface area contributed by atoms with Crippen molar-refractivity contribution in [3.8, 4) is 0 Å². The van der Waals surface area contributed by atoms with Crippen molar-refractivity contribution in [1.82, 2.24) is 9.46 Å². The summed E-state index contributed by atoms with van der Waals surface area (Å²) in [6.45, 7) is 3.73. The van der Waals surface area contributed by atoms with Crippen LogP contribution in [0.1, 0.15) is 22.6 Å². The Kier molecular flexibility index (Phi) is 6.80. The lowest BCUT2D eigenvalue weighted by atomic mass is 10.2. The molecule has 29 heavy (non-hydrogen) atoms. The summed E-state index contributed by atoms with van der Waals surface area (Å²) in [5, 5.41) is 3.80. The first-order valence-corrected chi connectivity index (χ1v) is 10.8. The van der Waals surface area contributed by atoms with E-state index in [0.29, 0.717) is 11.5 Å². The lowest BCUT2D eigenvalue weighted by Crippen LogP contribution is -2.32. The highest BCUT2D eigenvalue weighted by Crippen LogP contribution is 2.23. The van der Waals surface area contributed by atoms with Gasteiger partial charge < -0.3 is 4.52 Å². The van der Waals surface area contributed by atoms with Crippen LogP contribution >= 0.6 is 0 Å². The van der Waals surface area contributed by atoms with Crippen molar-refractivity contribution in [2.45, 2.75) is 18.7 Å². The Morgan fingerprint density at radius 1 is 0.862 bits per heavy atom. The minimum Gasteiger partial charge on any atom is -0.360 e. The first kappa shape index (κ1) is 20.8. The molecule has 0 aliphatic carbocycles. The Morgan fingerprint density at radius 3 is 1.76 bits per heavy atom. The Labute approximate surface area is 172 Å². The first-order chi connectivity index (χ1) is 14.0. The number of nitrogens with zero attached hydrogens (tertiary/aromatic N) is 2. The predicted octanol–water partition coefficient (Wildman–Crippen LogP) is 4.71. The highest BCUT2D eigenvalue weighted by Gasteiger charge is 2.29. The molecule has 0 radical (unpaired) electrons. The van der Waals surface area contributed by atoms with Crippen LogP contribution in [0.3, 0.4) is 0 Å². The Morgan fingerprint density at radius 2 is 1.34 bits per heavy atom. The average Bonchev–Trinajstić information content (AvgIpc) is 3.07. The van der Waals surface area contributed by atoms with Crippen molar-refractivity contribution in [3.63, 3.8) is 0 Å². The van der Waals surface area contributed by atoms with Gasteiger partial charge in [0.1, 0.15) is 10.6 Å². The zero-order valence-corrected chi connectivity index (χ0v) is 17.3. The summed E-state index contributed by atoms with van der Waals surface area (Å²) >= 11 is 0. The van der Waals surface area contributed by atoms with Crippen molar-refractivity contribution in [2.24, 2.45) is 0 Å². The van der Waals surface area contributed by atoms with Crippen LogP contribution < -0.4 is 0 Å². The van der Waals surface area contributed by atoms with Crippen LogP contribution in [0.25, 0.3) is 12.2 Å². The molecule has 0 spiro atoms. The van der Waals surface area contributed by atoms with Crippen LogP contribution in [0.5, 0.6) is 0 Å². The molecule has 0 saturated carbocycles. The number of aryl methyl sites for hydroxylation is 2. The van der Waals surface area contributed by atoms with Crippen molar-refractivity contribution in [3.05, 3.63) is 95.4 Å². The molecule has 1 heterocycles. The number of benzene rings is 2. The molecule has 0 atom stereocenters. The lowest BCUT2D eigenvalue weighted by molar-refractivity contribution is 0.390. The van der Waals surface area contributed by atoms with E-state index in [2.05, 4.69) is 5.16 Å². The molecule has 150 valence electrons. The summed E-state index contributed by atoms with van der Waals surface area (Å²) in [5.74, 6) is 0.298.